The lowest BCUT2D eigenvalue weighted by Gasteiger charge is -2.32. The van der Waals surface area contributed by atoms with E-state index in [1.807, 2.05) is 12.4 Å². The third-order valence-corrected chi connectivity index (χ3v) is 4.82. The van der Waals surface area contributed by atoms with Gasteiger partial charge >= 0.3 is 0 Å². The number of hydrogen-bond donors (Lipinski definition) is 2. The molecule has 2 atom stereocenters. The number of hydrogen-bond acceptors (Lipinski definition) is 3. The van der Waals surface area contributed by atoms with Gasteiger partial charge in [0.25, 0.3) is 0 Å². The van der Waals surface area contributed by atoms with Crippen molar-refractivity contribution in [3.05, 3.63) is 48.3 Å². The van der Waals surface area contributed by atoms with Crippen LogP contribution < -0.4 is 5.32 Å². The molecule has 4 nitrogen and oxygen atoms in total. The molecule has 124 valence electrons. The Kier molecular flexibility index (Phi) is 3.81. The van der Waals surface area contributed by atoms with Crippen LogP contribution in [0.5, 0.6) is 0 Å². The summed E-state index contributed by atoms with van der Waals surface area (Å²) in [5.74, 6) is 1.20. The van der Waals surface area contributed by atoms with E-state index in [9.17, 15) is 4.39 Å². The van der Waals surface area contributed by atoms with Crippen LogP contribution in [0.3, 0.4) is 0 Å². The molecule has 5 heteroatoms. The number of nitrogens with one attached hydrogen (secondary N) is 2. The molecule has 1 fully saturated rings. The maximum absolute atomic E-state index is 13.2. The molecule has 24 heavy (non-hydrogen) atoms. The summed E-state index contributed by atoms with van der Waals surface area (Å²) in [6, 6.07) is 7.50. The molecule has 0 spiro atoms. The van der Waals surface area contributed by atoms with Gasteiger partial charge in [0, 0.05) is 29.8 Å². The zero-order valence-electron chi connectivity index (χ0n) is 13.9. The van der Waals surface area contributed by atoms with E-state index in [-0.39, 0.29) is 5.82 Å². The quantitative estimate of drug-likeness (QED) is 0.750. The summed E-state index contributed by atoms with van der Waals surface area (Å²) in [4.78, 5) is 12.6. The van der Waals surface area contributed by atoms with Crippen LogP contribution in [0.2, 0.25) is 0 Å². The molecule has 0 bridgehead atoms. The summed E-state index contributed by atoms with van der Waals surface area (Å²) in [7, 11) is 0. The summed E-state index contributed by atoms with van der Waals surface area (Å²) in [6.07, 6.45) is 5.80. The molecule has 1 saturated heterocycles. The van der Waals surface area contributed by atoms with E-state index in [1.165, 1.54) is 12.1 Å². The van der Waals surface area contributed by atoms with E-state index in [0.717, 1.165) is 41.2 Å². The monoisotopic (exact) mass is 324 g/mol. The SMILES string of the molecule is CC1CC(c2ncc3ncc(-c4ccc(F)cc4)c-3[nH]2)CC(C)N1. The second kappa shape index (κ2) is 5.98. The largest absolute Gasteiger partial charge is 0.341 e. The number of benzene rings is 1. The molecule has 1 aromatic carbocycles. The van der Waals surface area contributed by atoms with Crippen molar-refractivity contribution in [2.45, 2.75) is 44.7 Å². The fourth-order valence-corrected chi connectivity index (χ4v) is 3.77. The van der Waals surface area contributed by atoms with E-state index in [2.05, 4.69) is 34.1 Å². The normalized spacial score (nSPS) is 24.4. The fourth-order valence-electron chi connectivity index (χ4n) is 3.77. The fraction of sp³-hybridized carbons (Fsp3) is 0.368. The van der Waals surface area contributed by atoms with Gasteiger partial charge in [0.05, 0.1) is 11.9 Å². The van der Waals surface area contributed by atoms with Crippen molar-refractivity contribution >= 4 is 0 Å². The molecule has 3 heterocycles. The van der Waals surface area contributed by atoms with E-state index in [0.29, 0.717) is 18.0 Å². The van der Waals surface area contributed by atoms with Gasteiger partial charge in [0.1, 0.15) is 17.3 Å². The first-order chi connectivity index (χ1) is 11.6. The van der Waals surface area contributed by atoms with E-state index >= 15 is 0 Å². The number of aromatic nitrogens is 3. The van der Waals surface area contributed by atoms with Crippen LogP contribution in [0, 0.1) is 5.82 Å². The number of halogens is 1. The van der Waals surface area contributed by atoms with E-state index in [4.69, 9.17) is 0 Å². The summed E-state index contributed by atoms with van der Waals surface area (Å²) >= 11 is 0. The Hall–Kier alpha value is -2.27. The van der Waals surface area contributed by atoms with Gasteiger partial charge in [-0.3, -0.25) is 4.98 Å². The standard InChI is InChI=1S/C19H21FN4/c1-11-7-14(8-12(2)23-11)19-22-10-17-18(24-19)16(9-21-17)13-3-5-15(20)6-4-13/h3-6,9-12,14,23H,7-8H2,1-2H3,(H,22,24). The molecule has 0 aromatic heterocycles. The van der Waals surface area contributed by atoms with Gasteiger partial charge in [0.15, 0.2) is 0 Å². The number of fused-ring (bicyclic) bond motifs is 1. The Bertz CT molecular complexity index is 801. The maximum Gasteiger partial charge on any atom is 0.123 e. The molecule has 4 rings (SSSR count). The van der Waals surface area contributed by atoms with Crippen molar-refractivity contribution in [3.63, 3.8) is 0 Å². The first-order valence-corrected chi connectivity index (χ1v) is 8.46. The van der Waals surface area contributed by atoms with Crippen LogP contribution in [-0.2, 0) is 0 Å². The van der Waals surface area contributed by atoms with Crippen LogP contribution in [0.15, 0.2) is 36.7 Å². The van der Waals surface area contributed by atoms with Gasteiger partial charge in [-0.05, 0) is 44.4 Å². The van der Waals surface area contributed by atoms with Crippen molar-refractivity contribution in [1.29, 1.82) is 0 Å². The highest BCUT2D eigenvalue weighted by atomic mass is 19.1. The minimum atomic E-state index is -0.230. The Morgan fingerprint density at radius 2 is 1.71 bits per heavy atom. The number of piperidine rings is 1. The highest BCUT2D eigenvalue weighted by Crippen LogP contribution is 2.34. The summed E-state index contributed by atoms with van der Waals surface area (Å²) < 4.78 is 13.2. The summed E-state index contributed by atoms with van der Waals surface area (Å²) in [5.41, 5.74) is 3.77. The molecule has 0 amide bonds. The minimum Gasteiger partial charge on any atom is -0.341 e. The van der Waals surface area contributed by atoms with Crippen LogP contribution in [-0.4, -0.2) is 27.0 Å². The number of nitrogens with zero attached hydrogens (tertiary/aromatic N) is 2. The Labute approximate surface area is 140 Å². The molecular weight excluding hydrogens is 303 g/mol. The average Bonchev–Trinajstić information content (AvgIpc) is 2.98. The lowest BCUT2D eigenvalue weighted by Crippen LogP contribution is -2.41. The first-order valence-electron chi connectivity index (χ1n) is 8.46. The maximum atomic E-state index is 13.2. The molecule has 3 aliphatic rings. The van der Waals surface area contributed by atoms with Gasteiger partial charge in [-0.1, -0.05) is 12.1 Å². The Morgan fingerprint density at radius 3 is 2.42 bits per heavy atom. The first kappa shape index (κ1) is 15.3. The lowest BCUT2D eigenvalue weighted by molar-refractivity contribution is 0.309. The smallest absolute Gasteiger partial charge is 0.123 e. The van der Waals surface area contributed by atoms with Crippen molar-refractivity contribution in [2.24, 2.45) is 0 Å². The van der Waals surface area contributed by atoms with Crippen LogP contribution in [0.4, 0.5) is 4.39 Å². The highest BCUT2D eigenvalue weighted by molar-refractivity contribution is 5.80. The molecule has 3 aliphatic heterocycles. The Morgan fingerprint density at radius 1 is 1.00 bits per heavy atom. The molecule has 0 radical (unpaired) electrons. The van der Waals surface area contributed by atoms with Crippen LogP contribution in [0.25, 0.3) is 22.5 Å². The number of rotatable bonds is 2. The van der Waals surface area contributed by atoms with Gasteiger partial charge in [-0.15, -0.1) is 0 Å². The molecular formula is C19H21FN4. The molecule has 0 aliphatic carbocycles. The van der Waals surface area contributed by atoms with Crippen molar-refractivity contribution in [3.8, 4) is 22.5 Å². The number of H-pyrrole nitrogens is 1. The third kappa shape index (κ3) is 2.80. The molecule has 1 aromatic rings. The predicted molar refractivity (Wildman–Crippen MR) is 92.4 cm³/mol. The summed E-state index contributed by atoms with van der Waals surface area (Å²) in [6.45, 7) is 4.43. The lowest BCUT2D eigenvalue weighted by atomic mass is 9.88. The van der Waals surface area contributed by atoms with Crippen molar-refractivity contribution in [2.75, 3.05) is 0 Å². The van der Waals surface area contributed by atoms with Crippen LogP contribution >= 0.6 is 0 Å². The average molecular weight is 324 g/mol. The van der Waals surface area contributed by atoms with Gasteiger partial charge in [0.2, 0.25) is 0 Å². The highest BCUT2D eigenvalue weighted by Gasteiger charge is 2.27. The second-order valence-electron chi connectivity index (χ2n) is 6.84. The van der Waals surface area contributed by atoms with Gasteiger partial charge in [-0.2, -0.15) is 0 Å². The second-order valence-corrected chi connectivity index (χ2v) is 6.84. The Balaban J connectivity index is 1.73. The molecule has 0 saturated carbocycles. The van der Waals surface area contributed by atoms with Crippen LogP contribution in [0.1, 0.15) is 38.4 Å². The zero-order chi connectivity index (χ0) is 16.7. The van der Waals surface area contributed by atoms with Gasteiger partial charge in [-0.25, -0.2) is 9.37 Å². The number of aromatic amines is 1. The third-order valence-electron chi connectivity index (χ3n) is 4.82. The van der Waals surface area contributed by atoms with E-state index < -0.39 is 0 Å². The molecule has 2 N–H and O–H groups in total. The van der Waals surface area contributed by atoms with Crippen molar-refractivity contribution < 1.29 is 4.39 Å². The van der Waals surface area contributed by atoms with E-state index in [1.54, 1.807) is 12.1 Å². The van der Waals surface area contributed by atoms with Gasteiger partial charge < -0.3 is 10.3 Å². The minimum absolute atomic E-state index is 0.230. The topological polar surface area (TPSA) is 53.6 Å². The van der Waals surface area contributed by atoms with Crippen molar-refractivity contribution in [1.82, 2.24) is 20.3 Å². The predicted octanol–water partition coefficient (Wildman–Crippen LogP) is 3.96. The zero-order valence-corrected chi connectivity index (χ0v) is 13.9. The summed E-state index contributed by atoms with van der Waals surface area (Å²) in [5, 5.41) is 3.56. The molecule has 2 unspecified atom stereocenters.